The summed E-state index contributed by atoms with van der Waals surface area (Å²) in [6.07, 6.45) is 0.0793. The first kappa shape index (κ1) is 14.6. The van der Waals surface area contributed by atoms with Crippen LogP contribution in [0.4, 0.5) is 5.69 Å². The van der Waals surface area contributed by atoms with Crippen molar-refractivity contribution >= 4 is 40.8 Å². The van der Waals surface area contributed by atoms with Gasteiger partial charge >= 0.3 is 5.97 Å². The largest absolute Gasteiger partial charge is 0.462 e. The smallest absolute Gasteiger partial charge is 0.339 e. The van der Waals surface area contributed by atoms with Gasteiger partial charge in [0.25, 0.3) is 0 Å². The molecule has 0 radical (unpaired) electrons. The maximum Gasteiger partial charge on any atom is 0.339 e. The monoisotopic (exact) mass is 290 g/mol. The number of nitrogens with one attached hydrogen (secondary N) is 1. The van der Waals surface area contributed by atoms with Crippen molar-refractivity contribution in [1.29, 1.82) is 0 Å². The third kappa shape index (κ3) is 3.78. The summed E-state index contributed by atoms with van der Waals surface area (Å²) in [7, 11) is 1.50. The fraction of sp³-hybridized carbons (Fsp3) is 0.273. The van der Waals surface area contributed by atoms with Gasteiger partial charge in [-0.3, -0.25) is 4.79 Å². The molecule has 5 nitrogen and oxygen atoms in total. The van der Waals surface area contributed by atoms with Crippen LogP contribution in [-0.2, 0) is 9.53 Å². The summed E-state index contributed by atoms with van der Waals surface area (Å²) in [5.41, 5.74) is 5.94. The number of nitrogen functional groups attached to an aromatic ring is 1. The van der Waals surface area contributed by atoms with E-state index < -0.39 is 5.97 Å². The third-order valence-corrected chi connectivity index (χ3v) is 2.91. The number of carbonyl (C=O) groups is 2. The topological polar surface area (TPSA) is 81.4 Å². The van der Waals surface area contributed by atoms with Gasteiger partial charge in [-0.05, 0) is 12.1 Å². The van der Waals surface area contributed by atoms with E-state index in [1.54, 1.807) is 0 Å². The number of nitrogens with two attached hydrogens (primary N) is 1. The van der Waals surface area contributed by atoms with Crippen LogP contribution in [0.2, 0.25) is 10.0 Å². The first-order chi connectivity index (χ1) is 8.45. The molecule has 0 saturated carbocycles. The molecule has 1 aromatic rings. The number of amides is 1. The Labute approximate surface area is 114 Å². The maximum atomic E-state index is 11.7. The Morgan fingerprint density at radius 2 is 2.06 bits per heavy atom. The number of hydrogen-bond acceptors (Lipinski definition) is 4. The van der Waals surface area contributed by atoms with Gasteiger partial charge in [0.05, 0.1) is 22.0 Å². The van der Waals surface area contributed by atoms with Gasteiger partial charge in [-0.25, -0.2) is 4.79 Å². The van der Waals surface area contributed by atoms with Gasteiger partial charge in [0.1, 0.15) is 6.61 Å². The maximum absolute atomic E-state index is 11.7. The van der Waals surface area contributed by atoms with Crippen molar-refractivity contribution in [2.24, 2.45) is 0 Å². The Morgan fingerprint density at radius 3 is 2.67 bits per heavy atom. The van der Waals surface area contributed by atoms with Gasteiger partial charge in [0, 0.05) is 12.7 Å². The number of benzene rings is 1. The lowest BCUT2D eigenvalue weighted by atomic mass is 10.2. The molecule has 1 amide bonds. The summed E-state index contributed by atoms with van der Waals surface area (Å²) in [5.74, 6) is -0.891. The Kier molecular flexibility index (Phi) is 5.25. The molecule has 98 valence electrons. The highest BCUT2D eigenvalue weighted by molar-refractivity contribution is 6.44. The van der Waals surface area contributed by atoms with E-state index in [4.69, 9.17) is 33.7 Å². The van der Waals surface area contributed by atoms with Gasteiger partial charge in [0.2, 0.25) is 5.91 Å². The van der Waals surface area contributed by atoms with E-state index in [1.807, 2.05) is 0 Å². The number of ether oxygens (including phenoxy) is 1. The molecule has 0 aromatic heterocycles. The fourth-order valence-electron chi connectivity index (χ4n) is 1.20. The summed E-state index contributed by atoms with van der Waals surface area (Å²) in [4.78, 5) is 22.6. The summed E-state index contributed by atoms with van der Waals surface area (Å²) in [6, 6.07) is 2.81. The van der Waals surface area contributed by atoms with Crippen molar-refractivity contribution in [2.75, 3.05) is 19.4 Å². The first-order valence-corrected chi connectivity index (χ1v) is 5.83. The van der Waals surface area contributed by atoms with Gasteiger partial charge in [-0.15, -0.1) is 0 Å². The molecule has 7 heteroatoms. The zero-order valence-electron chi connectivity index (χ0n) is 9.63. The van der Waals surface area contributed by atoms with E-state index in [-0.39, 0.29) is 34.5 Å². The summed E-state index contributed by atoms with van der Waals surface area (Å²) >= 11 is 11.6. The van der Waals surface area contributed by atoms with Crippen LogP contribution in [0.1, 0.15) is 16.8 Å². The molecule has 1 aromatic carbocycles. The molecular formula is C11H12Cl2N2O3. The van der Waals surface area contributed by atoms with Crippen molar-refractivity contribution in [2.45, 2.75) is 6.42 Å². The summed E-state index contributed by atoms with van der Waals surface area (Å²) < 4.78 is 4.89. The van der Waals surface area contributed by atoms with Crippen LogP contribution in [0.25, 0.3) is 0 Å². The van der Waals surface area contributed by atoms with E-state index in [1.165, 1.54) is 19.2 Å². The number of halogens is 2. The number of carbonyl (C=O) groups excluding carboxylic acids is 2. The van der Waals surface area contributed by atoms with Crippen molar-refractivity contribution in [1.82, 2.24) is 5.32 Å². The summed E-state index contributed by atoms with van der Waals surface area (Å²) in [5, 5.41) is 2.67. The molecule has 0 atom stereocenters. The minimum Gasteiger partial charge on any atom is -0.462 e. The lowest BCUT2D eigenvalue weighted by Gasteiger charge is -2.08. The average Bonchev–Trinajstić information content (AvgIpc) is 2.33. The number of anilines is 1. The SMILES string of the molecule is CNC(=O)CCOC(=O)c1cc(N)cc(Cl)c1Cl. The molecule has 0 spiro atoms. The van der Waals surface area contributed by atoms with Crippen LogP contribution in [0.5, 0.6) is 0 Å². The molecule has 1 rings (SSSR count). The number of hydrogen-bond donors (Lipinski definition) is 2. The first-order valence-electron chi connectivity index (χ1n) is 5.08. The highest BCUT2D eigenvalue weighted by atomic mass is 35.5. The third-order valence-electron chi connectivity index (χ3n) is 2.11. The van der Waals surface area contributed by atoms with Crippen LogP contribution in [0, 0.1) is 0 Å². The van der Waals surface area contributed by atoms with Gasteiger partial charge in [-0.1, -0.05) is 23.2 Å². The Hall–Kier alpha value is -1.46. The highest BCUT2D eigenvalue weighted by Gasteiger charge is 2.15. The van der Waals surface area contributed by atoms with Crippen LogP contribution in [-0.4, -0.2) is 25.5 Å². The minimum absolute atomic E-state index is 0.0404. The van der Waals surface area contributed by atoms with E-state index in [9.17, 15) is 9.59 Å². The normalized spacial score (nSPS) is 9.94. The van der Waals surface area contributed by atoms with Crippen molar-refractivity contribution < 1.29 is 14.3 Å². The molecule has 0 aliphatic rings. The Bertz CT molecular complexity index is 478. The van der Waals surface area contributed by atoms with Crippen molar-refractivity contribution in [3.05, 3.63) is 27.7 Å². The zero-order valence-corrected chi connectivity index (χ0v) is 11.1. The van der Waals surface area contributed by atoms with Crippen molar-refractivity contribution in [3.63, 3.8) is 0 Å². The standard InChI is InChI=1S/C11H12Cl2N2O3/c1-15-9(16)2-3-18-11(17)7-4-6(14)5-8(12)10(7)13/h4-5H,2-3,14H2,1H3,(H,15,16). The van der Waals surface area contributed by atoms with Crippen molar-refractivity contribution in [3.8, 4) is 0 Å². The van der Waals surface area contributed by atoms with Crippen LogP contribution in [0.15, 0.2) is 12.1 Å². The van der Waals surface area contributed by atoms with E-state index >= 15 is 0 Å². The van der Waals surface area contributed by atoms with Gasteiger partial charge in [-0.2, -0.15) is 0 Å². The highest BCUT2D eigenvalue weighted by Crippen LogP contribution is 2.29. The lowest BCUT2D eigenvalue weighted by Crippen LogP contribution is -2.20. The van der Waals surface area contributed by atoms with E-state index in [2.05, 4.69) is 5.32 Å². The van der Waals surface area contributed by atoms with E-state index in [0.29, 0.717) is 5.69 Å². The molecule has 0 saturated heterocycles. The molecule has 0 unspecified atom stereocenters. The van der Waals surface area contributed by atoms with Crippen LogP contribution in [0.3, 0.4) is 0 Å². The number of rotatable bonds is 4. The second-order valence-corrected chi connectivity index (χ2v) is 4.21. The minimum atomic E-state index is -0.668. The predicted molar refractivity (Wildman–Crippen MR) is 69.8 cm³/mol. The molecular weight excluding hydrogens is 279 g/mol. The van der Waals surface area contributed by atoms with Crippen LogP contribution < -0.4 is 11.1 Å². The van der Waals surface area contributed by atoms with Gasteiger partial charge < -0.3 is 15.8 Å². The predicted octanol–water partition coefficient (Wildman–Crippen LogP) is 1.87. The molecule has 0 bridgehead atoms. The molecule has 0 fully saturated rings. The quantitative estimate of drug-likeness (QED) is 0.655. The van der Waals surface area contributed by atoms with Crippen LogP contribution >= 0.6 is 23.2 Å². The lowest BCUT2D eigenvalue weighted by molar-refractivity contribution is -0.121. The molecule has 0 heterocycles. The van der Waals surface area contributed by atoms with Gasteiger partial charge in [0.15, 0.2) is 0 Å². The second-order valence-electron chi connectivity index (χ2n) is 3.42. The summed E-state index contributed by atoms with van der Waals surface area (Å²) in [6.45, 7) is -0.0404. The molecule has 18 heavy (non-hydrogen) atoms. The fourth-order valence-corrected chi connectivity index (χ4v) is 1.61. The number of esters is 1. The molecule has 0 aliphatic carbocycles. The second kappa shape index (κ2) is 6.47. The molecule has 3 N–H and O–H groups in total. The Morgan fingerprint density at radius 1 is 1.39 bits per heavy atom. The molecule has 0 aliphatic heterocycles. The van der Waals surface area contributed by atoms with E-state index in [0.717, 1.165) is 0 Å². The zero-order chi connectivity index (χ0) is 13.7. The average molecular weight is 291 g/mol. The Balaban J connectivity index is 2.70.